The first kappa shape index (κ1) is 16.2. The molecule has 0 saturated heterocycles. The number of carbonyl (C=O) groups is 1. The minimum absolute atomic E-state index is 0.0125. The Labute approximate surface area is 148 Å². The van der Waals surface area contributed by atoms with Crippen molar-refractivity contribution in [1.29, 1.82) is 0 Å². The molecule has 130 valence electrons. The Hall–Kier alpha value is -2.32. The summed E-state index contributed by atoms with van der Waals surface area (Å²) >= 11 is 1.41. The zero-order chi connectivity index (χ0) is 17.2. The maximum absolute atomic E-state index is 12.5. The fourth-order valence-corrected chi connectivity index (χ4v) is 4.02. The molecule has 2 atom stereocenters. The van der Waals surface area contributed by atoms with E-state index in [0.717, 1.165) is 48.1 Å². The van der Waals surface area contributed by atoms with Crippen molar-refractivity contribution in [1.82, 2.24) is 19.9 Å². The number of fused-ring (bicyclic) bond motifs is 1. The first-order valence-electron chi connectivity index (χ1n) is 8.32. The van der Waals surface area contributed by atoms with Crippen molar-refractivity contribution in [2.75, 3.05) is 12.4 Å². The first-order valence-corrected chi connectivity index (χ1v) is 9.20. The van der Waals surface area contributed by atoms with Crippen molar-refractivity contribution in [2.45, 2.75) is 31.8 Å². The molecule has 0 spiro atoms. The predicted molar refractivity (Wildman–Crippen MR) is 96.4 cm³/mol. The molecule has 1 aliphatic carbocycles. The summed E-state index contributed by atoms with van der Waals surface area (Å²) in [6.07, 6.45) is 7.25. The van der Waals surface area contributed by atoms with Crippen molar-refractivity contribution < 1.29 is 9.53 Å². The monoisotopic (exact) mass is 357 g/mol. The first-order chi connectivity index (χ1) is 12.2. The van der Waals surface area contributed by atoms with Gasteiger partial charge in [0.25, 0.3) is 0 Å². The largest absolute Gasteiger partial charge is 0.381 e. The molecule has 1 fully saturated rings. The highest BCUT2D eigenvalue weighted by Crippen LogP contribution is 2.30. The molecule has 8 heteroatoms. The van der Waals surface area contributed by atoms with E-state index in [1.165, 1.54) is 17.7 Å². The number of thiazole rings is 1. The lowest BCUT2D eigenvalue weighted by Crippen LogP contribution is -2.30. The third kappa shape index (κ3) is 3.27. The predicted octanol–water partition coefficient (Wildman–Crippen LogP) is 3.23. The second kappa shape index (κ2) is 6.89. The summed E-state index contributed by atoms with van der Waals surface area (Å²) in [6, 6.07) is 1.93. The average Bonchev–Trinajstić information content (AvgIpc) is 3.30. The molecule has 4 rings (SSSR count). The maximum Gasteiger partial charge on any atom is 0.229 e. The minimum atomic E-state index is -0.0125. The van der Waals surface area contributed by atoms with E-state index in [4.69, 9.17) is 4.74 Å². The number of rotatable bonds is 4. The van der Waals surface area contributed by atoms with Gasteiger partial charge in [-0.15, -0.1) is 11.3 Å². The van der Waals surface area contributed by atoms with Crippen LogP contribution in [0.5, 0.6) is 0 Å². The van der Waals surface area contributed by atoms with E-state index in [1.807, 2.05) is 17.6 Å². The van der Waals surface area contributed by atoms with E-state index >= 15 is 0 Å². The summed E-state index contributed by atoms with van der Waals surface area (Å²) in [4.78, 5) is 28.6. The average molecular weight is 357 g/mol. The van der Waals surface area contributed by atoms with Gasteiger partial charge in [0.05, 0.1) is 6.10 Å². The molecule has 7 nitrogen and oxygen atoms in total. The van der Waals surface area contributed by atoms with Crippen LogP contribution in [0.15, 0.2) is 24.0 Å². The second-order valence-electron chi connectivity index (χ2n) is 6.21. The zero-order valence-corrected chi connectivity index (χ0v) is 14.7. The molecule has 1 amide bonds. The van der Waals surface area contributed by atoms with Gasteiger partial charge in [-0.2, -0.15) is 0 Å². The lowest BCUT2D eigenvalue weighted by molar-refractivity contribution is -0.122. The highest BCUT2D eigenvalue weighted by atomic mass is 32.1. The third-order valence-corrected chi connectivity index (χ3v) is 5.42. The molecular formula is C17H19N5O2S. The number of ether oxygens (including phenoxy) is 1. The van der Waals surface area contributed by atoms with Gasteiger partial charge >= 0.3 is 0 Å². The minimum Gasteiger partial charge on any atom is -0.381 e. The fourth-order valence-electron chi connectivity index (χ4n) is 3.32. The highest BCUT2D eigenvalue weighted by molar-refractivity contribution is 7.14. The van der Waals surface area contributed by atoms with Crippen LogP contribution in [0.1, 0.15) is 25.7 Å². The number of hydrogen-bond acceptors (Lipinski definition) is 6. The van der Waals surface area contributed by atoms with Crippen molar-refractivity contribution in [3.63, 3.8) is 0 Å². The van der Waals surface area contributed by atoms with Gasteiger partial charge in [0.2, 0.25) is 5.91 Å². The smallest absolute Gasteiger partial charge is 0.229 e. The Morgan fingerprint density at radius 3 is 3.20 bits per heavy atom. The molecule has 3 aromatic heterocycles. The molecule has 1 aliphatic rings. The number of aromatic amines is 1. The lowest BCUT2D eigenvalue weighted by Gasteiger charge is -2.26. The Balaban J connectivity index is 1.50. The molecule has 0 radical (unpaired) electrons. The molecule has 2 N–H and O–H groups in total. The summed E-state index contributed by atoms with van der Waals surface area (Å²) in [5.41, 5.74) is 2.28. The Bertz CT molecular complexity index is 890. The normalized spacial score (nSPS) is 20.7. The van der Waals surface area contributed by atoms with E-state index in [1.54, 1.807) is 7.11 Å². The summed E-state index contributed by atoms with van der Waals surface area (Å²) in [7, 11) is 1.71. The van der Waals surface area contributed by atoms with Crippen molar-refractivity contribution in [2.24, 2.45) is 5.92 Å². The Kier molecular flexibility index (Phi) is 4.46. The standard InChI is InChI=1S/C17H19N5O2S/c1-24-11-4-2-3-10(7-11)16(23)22-17-21-13(8-25-17)14-12-5-6-18-15(12)20-9-19-14/h5-6,8-11H,2-4,7H2,1H3,(H,18,19,20)(H,21,22,23). The molecule has 0 bridgehead atoms. The topological polar surface area (TPSA) is 92.8 Å². The number of hydrogen-bond donors (Lipinski definition) is 2. The van der Waals surface area contributed by atoms with Gasteiger partial charge in [-0.3, -0.25) is 4.79 Å². The molecule has 0 aromatic carbocycles. The molecular weight excluding hydrogens is 338 g/mol. The van der Waals surface area contributed by atoms with Gasteiger partial charge in [0.1, 0.15) is 23.4 Å². The van der Waals surface area contributed by atoms with Gasteiger partial charge in [-0.1, -0.05) is 6.42 Å². The molecule has 3 aromatic rings. The van der Waals surface area contributed by atoms with E-state index in [0.29, 0.717) is 5.13 Å². The van der Waals surface area contributed by atoms with Gasteiger partial charge in [0, 0.05) is 30.0 Å². The van der Waals surface area contributed by atoms with E-state index in [2.05, 4.69) is 25.3 Å². The quantitative estimate of drug-likeness (QED) is 0.748. The SMILES string of the molecule is COC1CCCC(C(=O)Nc2nc(-c3ncnc4[nH]ccc34)cs2)C1. The molecule has 25 heavy (non-hydrogen) atoms. The summed E-state index contributed by atoms with van der Waals surface area (Å²) < 4.78 is 5.41. The van der Waals surface area contributed by atoms with Gasteiger partial charge < -0.3 is 15.0 Å². The molecule has 2 unspecified atom stereocenters. The number of amides is 1. The number of H-pyrrole nitrogens is 1. The Morgan fingerprint density at radius 2 is 2.32 bits per heavy atom. The van der Waals surface area contributed by atoms with Crippen LogP contribution >= 0.6 is 11.3 Å². The van der Waals surface area contributed by atoms with E-state index < -0.39 is 0 Å². The third-order valence-electron chi connectivity index (χ3n) is 4.66. The summed E-state index contributed by atoms with van der Waals surface area (Å²) in [5.74, 6) is 0.0126. The van der Waals surface area contributed by atoms with Crippen LogP contribution in [0, 0.1) is 5.92 Å². The van der Waals surface area contributed by atoms with Crippen molar-refractivity contribution in [3.8, 4) is 11.4 Å². The van der Waals surface area contributed by atoms with Crippen molar-refractivity contribution >= 4 is 33.4 Å². The number of carbonyl (C=O) groups excluding carboxylic acids is 1. The van der Waals surface area contributed by atoms with Crippen LogP contribution in [0.3, 0.4) is 0 Å². The number of methoxy groups -OCH3 is 1. The van der Waals surface area contributed by atoms with Gasteiger partial charge in [0.15, 0.2) is 5.13 Å². The zero-order valence-electron chi connectivity index (χ0n) is 13.9. The van der Waals surface area contributed by atoms with E-state index in [9.17, 15) is 4.79 Å². The van der Waals surface area contributed by atoms with Crippen molar-refractivity contribution in [3.05, 3.63) is 24.0 Å². The summed E-state index contributed by atoms with van der Waals surface area (Å²) in [5, 5.41) is 6.37. The second-order valence-corrected chi connectivity index (χ2v) is 7.07. The fraction of sp³-hybridized carbons (Fsp3) is 0.412. The summed E-state index contributed by atoms with van der Waals surface area (Å²) in [6.45, 7) is 0. The van der Waals surface area contributed by atoms with Crippen LogP contribution in [0.2, 0.25) is 0 Å². The van der Waals surface area contributed by atoms with Crippen LogP contribution in [-0.2, 0) is 9.53 Å². The maximum atomic E-state index is 12.5. The van der Waals surface area contributed by atoms with Gasteiger partial charge in [-0.05, 0) is 25.3 Å². The van der Waals surface area contributed by atoms with Crippen LogP contribution in [0.25, 0.3) is 22.4 Å². The lowest BCUT2D eigenvalue weighted by atomic mass is 9.86. The number of anilines is 1. The van der Waals surface area contributed by atoms with Crippen LogP contribution in [-0.4, -0.2) is 39.1 Å². The molecule has 3 heterocycles. The Morgan fingerprint density at radius 1 is 1.40 bits per heavy atom. The van der Waals surface area contributed by atoms with E-state index in [-0.39, 0.29) is 17.9 Å². The van der Waals surface area contributed by atoms with Crippen LogP contribution < -0.4 is 5.32 Å². The van der Waals surface area contributed by atoms with Gasteiger partial charge in [-0.25, -0.2) is 15.0 Å². The highest BCUT2D eigenvalue weighted by Gasteiger charge is 2.27. The molecule has 1 saturated carbocycles. The van der Waals surface area contributed by atoms with Crippen LogP contribution in [0.4, 0.5) is 5.13 Å². The number of nitrogens with one attached hydrogen (secondary N) is 2. The number of aromatic nitrogens is 4. The molecule has 0 aliphatic heterocycles. The number of nitrogens with zero attached hydrogens (tertiary/aromatic N) is 3.